The molecule has 1 heterocycles. The van der Waals surface area contributed by atoms with E-state index in [1.807, 2.05) is 0 Å². The second kappa shape index (κ2) is 6.75. The minimum Gasteiger partial charge on any atom is -0.867 e. The lowest BCUT2D eigenvalue weighted by atomic mass is 9.93. The number of aryl methyl sites for hydroxylation is 2. The molecule has 0 saturated heterocycles. The number of nitro groups is 1. The molecule has 1 aliphatic rings. The first-order chi connectivity index (χ1) is 13.1. The molecule has 2 aromatic carbocycles. The van der Waals surface area contributed by atoms with Crippen LogP contribution in [0.25, 0.3) is 11.0 Å². The van der Waals surface area contributed by atoms with Crippen molar-refractivity contribution in [1.29, 1.82) is 0 Å². The molecule has 0 saturated carbocycles. The smallest absolute Gasteiger partial charge is 0.266 e. The van der Waals surface area contributed by atoms with Gasteiger partial charge in [0.05, 0.1) is 23.8 Å². The molecule has 0 fully saturated rings. The molecule has 1 aromatic heterocycles. The minimum absolute atomic E-state index is 0.210. The maximum atomic E-state index is 12.7. The van der Waals surface area contributed by atoms with E-state index in [-0.39, 0.29) is 5.56 Å². The van der Waals surface area contributed by atoms with Gasteiger partial charge in [0.15, 0.2) is 0 Å². The van der Waals surface area contributed by atoms with Crippen LogP contribution in [0.1, 0.15) is 29.7 Å². The maximum absolute atomic E-state index is 12.7. The summed E-state index contributed by atoms with van der Waals surface area (Å²) < 4.78 is 11.0. The summed E-state index contributed by atoms with van der Waals surface area (Å²) in [5.41, 5.74) is 1.68. The van der Waals surface area contributed by atoms with Crippen LogP contribution >= 0.6 is 0 Å². The number of fused-ring (bicyclic) bond motifs is 3. The molecule has 7 heteroatoms. The van der Waals surface area contributed by atoms with Crippen LogP contribution < -0.4 is 9.84 Å². The van der Waals surface area contributed by atoms with E-state index >= 15 is 0 Å². The fourth-order valence-electron chi connectivity index (χ4n) is 3.49. The first-order valence-electron chi connectivity index (χ1n) is 8.69. The molecule has 0 spiro atoms. The second-order valence-corrected chi connectivity index (χ2v) is 6.44. The molecule has 0 aliphatic heterocycles. The Kier molecular flexibility index (Phi) is 4.27. The van der Waals surface area contributed by atoms with Gasteiger partial charge in [-0.05, 0) is 49.3 Å². The van der Waals surface area contributed by atoms with E-state index in [9.17, 15) is 15.2 Å². The molecule has 1 aliphatic carbocycles. The summed E-state index contributed by atoms with van der Waals surface area (Å²) in [6.07, 6.45) is 4.99. The van der Waals surface area contributed by atoms with Crippen LogP contribution in [-0.2, 0) is 12.8 Å². The highest BCUT2D eigenvalue weighted by Gasteiger charge is 2.23. The monoisotopic (exact) mass is 365 g/mol. The normalized spacial score (nSPS) is 13.8. The standard InChI is InChI=1S/C20H18N2O5/c1-26-13-8-6-12(7-9-13)21-11-15-19-14-4-2-3-5-17(14)27-18(19)10-16(20(15)23)22(24)25/h6-11,23H,2-5H2,1H3/p-1. The van der Waals surface area contributed by atoms with Gasteiger partial charge < -0.3 is 14.3 Å². The Bertz CT molecular complexity index is 1050. The van der Waals surface area contributed by atoms with Crippen molar-refractivity contribution in [1.82, 2.24) is 0 Å². The molecule has 27 heavy (non-hydrogen) atoms. The summed E-state index contributed by atoms with van der Waals surface area (Å²) in [4.78, 5) is 15.0. The number of hydrogen-bond donors (Lipinski definition) is 0. The van der Waals surface area contributed by atoms with Gasteiger partial charge in [0, 0.05) is 29.1 Å². The van der Waals surface area contributed by atoms with Crippen molar-refractivity contribution in [3.8, 4) is 11.5 Å². The maximum Gasteiger partial charge on any atom is 0.266 e. The highest BCUT2D eigenvalue weighted by atomic mass is 16.6. The number of nitrogens with zero attached hydrogens (tertiary/aromatic N) is 2. The van der Waals surface area contributed by atoms with Gasteiger partial charge in [0.1, 0.15) is 17.1 Å². The second-order valence-electron chi connectivity index (χ2n) is 6.44. The number of methoxy groups -OCH3 is 1. The van der Waals surface area contributed by atoms with Gasteiger partial charge in [-0.15, -0.1) is 0 Å². The molecule has 7 nitrogen and oxygen atoms in total. The highest BCUT2D eigenvalue weighted by Crippen LogP contribution is 2.40. The molecule has 0 unspecified atom stereocenters. The first kappa shape index (κ1) is 17.1. The van der Waals surface area contributed by atoms with Crippen LogP contribution in [0.15, 0.2) is 39.7 Å². The Morgan fingerprint density at radius 2 is 1.96 bits per heavy atom. The van der Waals surface area contributed by atoms with Gasteiger partial charge in [-0.2, -0.15) is 0 Å². The van der Waals surface area contributed by atoms with Gasteiger partial charge in [0.25, 0.3) is 5.69 Å². The summed E-state index contributed by atoms with van der Waals surface area (Å²) >= 11 is 0. The third-order valence-corrected chi connectivity index (χ3v) is 4.82. The number of hydrogen-bond acceptors (Lipinski definition) is 6. The van der Waals surface area contributed by atoms with Crippen molar-refractivity contribution in [2.75, 3.05) is 7.11 Å². The van der Waals surface area contributed by atoms with Crippen LogP contribution in [0, 0.1) is 10.1 Å². The van der Waals surface area contributed by atoms with Crippen LogP contribution in [-0.4, -0.2) is 18.2 Å². The molecule has 0 atom stereocenters. The van der Waals surface area contributed by atoms with E-state index < -0.39 is 16.4 Å². The Hall–Kier alpha value is -3.35. The SMILES string of the molecule is COc1ccc(N=Cc2c([O-])c([N+](=O)[O-])cc3oc4c(c23)CCCC4)cc1. The molecule has 138 valence electrons. The molecule has 0 N–H and O–H groups in total. The van der Waals surface area contributed by atoms with E-state index in [1.54, 1.807) is 31.4 Å². The summed E-state index contributed by atoms with van der Waals surface area (Å²) in [6.45, 7) is 0. The van der Waals surface area contributed by atoms with Crippen molar-refractivity contribution in [2.24, 2.45) is 4.99 Å². The van der Waals surface area contributed by atoms with Crippen molar-refractivity contribution in [2.45, 2.75) is 25.7 Å². The predicted octanol–water partition coefficient (Wildman–Crippen LogP) is 4.05. The van der Waals surface area contributed by atoms with Crippen molar-refractivity contribution < 1.29 is 19.2 Å². The van der Waals surface area contributed by atoms with Gasteiger partial charge in [-0.3, -0.25) is 15.1 Å². The number of nitro benzene ring substituents is 1. The summed E-state index contributed by atoms with van der Waals surface area (Å²) in [7, 11) is 1.57. The quantitative estimate of drug-likeness (QED) is 0.394. The Balaban J connectivity index is 1.88. The van der Waals surface area contributed by atoms with Crippen molar-refractivity contribution in [3.05, 3.63) is 57.3 Å². The highest BCUT2D eigenvalue weighted by molar-refractivity contribution is 6.05. The van der Waals surface area contributed by atoms with Crippen LogP contribution in [0.4, 0.5) is 11.4 Å². The van der Waals surface area contributed by atoms with E-state index in [1.165, 1.54) is 12.3 Å². The van der Waals surface area contributed by atoms with Crippen LogP contribution in [0.5, 0.6) is 11.5 Å². The molecule has 3 aromatic rings. The lowest BCUT2D eigenvalue weighted by Crippen LogP contribution is -2.04. The van der Waals surface area contributed by atoms with Crippen LogP contribution in [0.3, 0.4) is 0 Å². The van der Waals surface area contributed by atoms with Gasteiger partial charge in [-0.1, -0.05) is 0 Å². The van der Waals surface area contributed by atoms with Gasteiger partial charge >= 0.3 is 0 Å². The lowest BCUT2D eigenvalue weighted by Gasteiger charge is -2.14. The molecular formula is C20H17N2O5-. The Morgan fingerprint density at radius 1 is 1.22 bits per heavy atom. The zero-order valence-electron chi connectivity index (χ0n) is 14.7. The number of aliphatic imine (C=N–C) groups is 1. The van der Waals surface area contributed by atoms with Gasteiger partial charge in [-0.25, -0.2) is 0 Å². The summed E-state index contributed by atoms with van der Waals surface area (Å²) in [5.74, 6) is 0.870. The zero-order valence-corrected chi connectivity index (χ0v) is 14.7. The van der Waals surface area contributed by atoms with E-state index in [2.05, 4.69) is 4.99 Å². The molecule has 4 rings (SSSR count). The summed E-state index contributed by atoms with van der Waals surface area (Å²) in [6, 6.07) is 8.25. The average molecular weight is 365 g/mol. The molecule has 0 radical (unpaired) electrons. The Morgan fingerprint density at radius 3 is 2.67 bits per heavy atom. The Labute approximate surface area is 155 Å². The fourth-order valence-corrected chi connectivity index (χ4v) is 3.49. The van der Waals surface area contributed by atoms with E-state index in [0.29, 0.717) is 22.4 Å². The van der Waals surface area contributed by atoms with Crippen molar-refractivity contribution in [3.63, 3.8) is 0 Å². The third-order valence-electron chi connectivity index (χ3n) is 4.82. The van der Waals surface area contributed by atoms with Crippen LogP contribution in [0.2, 0.25) is 0 Å². The minimum atomic E-state index is -0.673. The number of benzene rings is 2. The molecular weight excluding hydrogens is 348 g/mol. The largest absolute Gasteiger partial charge is 0.867 e. The first-order valence-corrected chi connectivity index (χ1v) is 8.69. The van der Waals surface area contributed by atoms with Crippen molar-refractivity contribution >= 4 is 28.6 Å². The lowest BCUT2D eigenvalue weighted by molar-refractivity contribution is -0.398. The summed E-state index contributed by atoms with van der Waals surface area (Å²) in [5, 5.41) is 24.7. The fraction of sp³-hybridized carbons (Fsp3) is 0.250. The van der Waals surface area contributed by atoms with E-state index in [0.717, 1.165) is 37.0 Å². The predicted molar refractivity (Wildman–Crippen MR) is 99.2 cm³/mol. The number of ether oxygens (including phenoxy) is 1. The van der Waals surface area contributed by atoms with E-state index in [4.69, 9.17) is 9.15 Å². The van der Waals surface area contributed by atoms with Gasteiger partial charge in [0.2, 0.25) is 0 Å². The third kappa shape index (κ3) is 3.01. The molecule has 0 bridgehead atoms. The number of rotatable bonds is 4. The average Bonchev–Trinajstić information content (AvgIpc) is 3.05. The molecule has 0 amide bonds. The number of furan rings is 1. The zero-order chi connectivity index (χ0) is 19.0. The topological polar surface area (TPSA) is 101 Å².